The Balaban J connectivity index is 0.00000128. The van der Waals surface area contributed by atoms with Gasteiger partial charge in [0.2, 0.25) is 0 Å². The molecule has 4 nitrogen and oxygen atoms in total. The van der Waals surface area contributed by atoms with Gasteiger partial charge >= 0.3 is 0 Å². The van der Waals surface area contributed by atoms with Crippen molar-refractivity contribution >= 4 is 12.4 Å². The normalized spacial score (nSPS) is 25.7. The first-order valence-electron chi connectivity index (χ1n) is 5.60. The Morgan fingerprint density at radius 3 is 2.81 bits per heavy atom. The van der Waals surface area contributed by atoms with Crippen molar-refractivity contribution in [2.24, 2.45) is 18.7 Å². The average Bonchev–Trinajstić information content (AvgIpc) is 2.76. The summed E-state index contributed by atoms with van der Waals surface area (Å²) in [7, 11) is 2.05. The summed E-state index contributed by atoms with van der Waals surface area (Å²) < 4.78 is 2.09. The predicted octanol–water partition coefficient (Wildman–Crippen LogP) is 1.01. The van der Waals surface area contributed by atoms with E-state index in [0.29, 0.717) is 12.0 Å². The number of nitrogens with zero attached hydrogens (tertiary/aromatic N) is 3. The molecule has 2 rings (SSSR count). The third-order valence-corrected chi connectivity index (χ3v) is 3.41. The highest BCUT2D eigenvalue weighted by atomic mass is 35.5. The number of aryl methyl sites for hydroxylation is 1. The van der Waals surface area contributed by atoms with Gasteiger partial charge in [0.05, 0.1) is 12.0 Å². The zero-order chi connectivity index (χ0) is 10.8. The van der Waals surface area contributed by atoms with Crippen LogP contribution in [0.4, 0.5) is 0 Å². The third-order valence-electron chi connectivity index (χ3n) is 3.41. The molecular formula is C11H21ClN4. The molecule has 1 aromatic rings. The number of hydrogen-bond acceptors (Lipinski definition) is 3. The van der Waals surface area contributed by atoms with E-state index in [0.717, 1.165) is 19.6 Å². The van der Waals surface area contributed by atoms with E-state index in [1.54, 1.807) is 0 Å². The molecular weight excluding hydrogens is 224 g/mol. The number of likely N-dealkylation sites (tertiary alicyclic amines) is 1. The fourth-order valence-electron chi connectivity index (χ4n) is 2.35. The van der Waals surface area contributed by atoms with Crippen molar-refractivity contribution in [3.8, 4) is 0 Å². The molecule has 2 atom stereocenters. The van der Waals surface area contributed by atoms with Crippen LogP contribution in [0.3, 0.4) is 0 Å². The van der Waals surface area contributed by atoms with Crippen LogP contribution in [0.1, 0.15) is 19.0 Å². The van der Waals surface area contributed by atoms with E-state index < -0.39 is 0 Å². The van der Waals surface area contributed by atoms with Crippen LogP contribution >= 0.6 is 12.4 Å². The molecule has 1 saturated heterocycles. The van der Waals surface area contributed by atoms with Crippen LogP contribution in [-0.2, 0) is 13.6 Å². The monoisotopic (exact) mass is 244 g/mol. The maximum absolute atomic E-state index is 5.72. The van der Waals surface area contributed by atoms with Crippen molar-refractivity contribution in [1.29, 1.82) is 0 Å². The second-order valence-electron chi connectivity index (χ2n) is 4.61. The minimum Gasteiger partial charge on any atom is -0.337 e. The number of hydrogen-bond donors (Lipinski definition) is 1. The molecule has 0 aliphatic carbocycles. The fourth-order valence-corrected chi connectivity index (χ4v) is 2.35. The maximum Gasteiger partial charge on any atom is 0.0945 e. The summed E-state index contributed by atoms with van der Waals surface area (Å²) in [6, 6.07) is 0.647. The molecule has 16 heavy (non-hydrogen) atoms. The average molecular weight is 245 g/mol. The molecule has 2 heterocycles. The minimum absolute atomic E-state index is 0. The largest absolute Gasteiger partial charge is 0.337 e. The molecule has 0 bridgehead atoms. The van der Waals surface area contributed by atoms with E-state index >= 15 is 0 Å². The van der Waals surface area contributed by atoms with Gasteiger partial charge < -0.3 is 10.3 Å². The Bertz CT molecular complexity index is 326. The first-order valence-corrected chi connectivity index (χ1v) is 5.60. The quantitative estimate of drug-likeness (QED) is 0.864. The molecule has 0 spiro atoms. The molecule has 0 aromatic carbocycles. The highest BCUT2D eigenvalue weighted by Crippen LogP contribution is 2.23. The lowest BCUT2D eigenvalue weighted by molar-refractivity contribution is 0.250. The van der Waals surface area contributed by atoms with E-state index in [1.165, 1.54) is 12.1 Å². The smallest absolute Gasteiger partial charge is 0.0945 e. The highest BCUT2D eigenvalue weighted by Gasteiger charge is 2.28. The van der Waals surface area contributed by atoms with E-state index in [-0.39, 0.29) is 12.4 Å². The van der Waals surface area contributed by atoms with Crippen molar-refractivity contribution in [2.45, 2.75) is 25.9 Å². The lowest BCUT2D eigenvalue weighted by atomic mass is 10.1. The minimum atomic E-state index is 0. The molecule has 1 aliphatic heterocycles. The van der Waals surface area contributed by atoms with Crippen LogP contribution in [0, 0.1) is 5.92 Å². The lowest BCUT2D eigenvalue weighted by Crippen LogP contribution is -2.28. The van der Waals surface area contributed by atoms with Crippen molar-refractivity contribution < 1.29 is 0 Å². The number of imidazole rings is 1. The standard InChI is InChI=1S/C11H20N4.ClH/c1-9-3-10(4-12)6-15(9)7-11-5-13-8-14(11)2;/h5,8-10H,3-4,6-7,12H2,1-2H3;1H. The molecule has 92 valence electrons. The molecule has 0 radical (unpaired) electrons. The molecule has 1 fully saturated rings. The third kappa shape index (κ3) is 2.75. The number of rotatable bonds is 3. The van der Waals surface area contributed by atoms with E-state index in [4.69, 9.17) is 5.73 Å². The Kier molecular flexibility index (Phi) is 4.77. The topological polar surface area (TPSA) is 47.1 Å². The van der Waals surface area contributed by atoms with Crippen LogP contribution in [0.5, 0.6) is 0 Å². The van der Waals surface area contributed by atoms with E-state index in [1.807, 2.05) is 19.6 Å². The van der Waals surface area contributed by atoms with Gasteiger partial charge in [-0.2, -0.15) is 0 Å². The summed E-state index contributed by atoms with van der Waals surface area (Å²) in [4.78, 5) is 6.63. The number of nitrogens with two attached hydrogens (primary N) is 1. The summed E-state index contributed by atoms with van der Waals surface area (Å²) in [5.41, 5.74) is 6.99. The van der Waals surface area contributed by atoms with Gasteiger partial charge in [-0.15, -0.1) is 12.4 Å². The maximum atomic E-state index is 5.72. The summed E-state index contributed by atoms with van der Waals surface area (Å²) in [5.74, 6) is 0.674. The van der Waals surface area contributed by atoms with Gasteiger partial charge in [-0.05, 0) is 25.8 Å². The Morgan fingerprint density at radius 2 is 2.31 bits per heavy atom. The van der Waals surface area contributed by atoms with E-state index in [9.17, 15) is 0 Å². The first kappa shape index (κ1) is 13.5. The lowest BCUT2D eigenvalue weighted by Gasteiger charge is -2.20. The van der Waals surface area contributed by atoms with Gasteiger partial charge in [-0.1, -0.05) is 0 Å². The highest BCUT2D eigenvalue weighted by molar-refractivity contribution is 5.85. The number of aromatic nitrogens is 2. The fraction of sp³-hybridized carbons (Fsp3) is 0.727. The van der Waals surface area contributed by atoms with Gasteiger partial charge in [-0.3, -0.25) is 4.90 Å². The van der Waals surface area contributed by atoms with Crippen LogP contribution in [0.15, 0.2) is 12.5 Å². The summed E-state index contributed by atoms with van der Waals surface area (Å²) >= 11 is 0. The van der Waals surface area contributed by atoms with Gasteiger partial charge in [0, 0.05) is 32.4 Å². The van der Waals surface area contributed by atoms with Crippen molar-refractivity contribution in [3.05, 3.63) is 18.2 Å². The van der Waals surface area contributed by atoms with Crippen molar-refractivity contribution in [3.63, 3.8) is 0 Å². The molecule has 0 saturated carbocycles. The molecule has 0 amide bonds. The second-order valence-corrected chi connectivity index (χ2v) is 4.61. The van der Waals surface area contributed by atoms with Gasteiger partial charge in [0.1, 0.15) is 0 Å². The summed E-state index contributed by atoms with van der Waals surface area (Å²) in [6.07, 6.45) is 5.04. The SMILES string of the molecule is CC1CC(CN)CN1Cc1cncn1C.Cl. The molecule has 2 N–H and O–H groups in total. The molecule has 2 unspecified atom stereocenters. The van der Waals surface area contributed by atoms with Crippen LogP contribution < -0.4 is 5.73 Å². The summed E-state index contributed by atoms with van der Waals surface area (Å²) in [6.45, 7) is 5.22. The van der Waals surface area contributed by atoms with Crippen LogP contribution in [0.25, 0.3) is 0 Å². The van der Waals surface area contributed by atoms with Crippen molar-refractivity contribution in [2.75, 3.05) is 13.1 Å². The predicted molar refractivity (Wildman–Crippen MR) is 67.5 cm³/mol. The van der Waals surface area contributed by atoms with Gasteiger partial charge in [0.15, 0.2) is 0 Å². The molecule has 5 heteroatoms. The van der Waals surface area contributed by atoms with Crippen LogP contribution in [0.2, 0.25) is 0 Å². The Hall–Kier alpha value is -0.580. The Labute approximate surface area is 103 Å². The zero-order valence-corrected chi connectivity index (χ0v) is 10.8. The van der Waals surface area contributed by atoms with E-state index in [2.05, 4.69) is 21.4 Å². The van der Waals surface area contributed by atoms with Crippen LogP contribution in [-0.4, -0.2) is 33.6 Å². The Morgan fingerprint density at radius 1 is 1.56 bits per heavy atom. The zero-order valence-electron chi connectivity index (χ0n) is 9.97. The molecule has 1 aliphatic rings. The first-order chi connectivity index (χ1) is 7.20. The van der Waals surface area contributed by atoms with Gasteiger partial charge in [0.25, 0.3) is 0 Å². The second kappa shape index (κ2) is 5.66. The summed E-state index contributed by atoms with van der Waals surface area (Å²) in [5, 5.41) is 0. The number of halogens is 1. The van der Waals surface area contributed by atoms with Gasteiger partial charge in [-0.25, -0.2) is 4.98 Å². The van der Waals surface area contributed by atoms with Crippen molar-refractivity contribution in [1.82, 2.24) is 14.5 Å². The molecule has 1 aromatic heterocycles.